The number of hydrogen-bond acceptors (Lipinski definition) is 6. The quantitative estimate of drug-likeness (QED) is 0.694. The van der Waals surface area contributed by atoms with Gasteiger partial charge in [-0.3, -0.25) is 4.72 Å². The normalized spacial score (nSPS) is 15.2. The third kappa shape index (κ3) is 4.44. The van der Waals surface area contributed by atoms with Crippen LogP contribution in [0.1, 0.15) is 28.8 Å². The Bertz CT molecular complexity index is 1120. The smallest absolute Gasteiger partial charge is 0.338 e. The van der Waals surface area contributed by atoms with Crippen LogP contribution in [0.4, 0.5) is 5.69 Å². The first-order chi connectivity index (χ1) is 13.6. The van der Waals surface area contributed by atoms with Crippen LogP contribution in [0.25, 0.3) is 0 Å². The number of hydrogen-bond donors (Lipinski definition) is 1. The molecule has 2 aromatic rings. The number of carbonyl (C=O) groups excluding carboxylic acids is 1. The summed E-state index contributed by atoms with van der Waals surface area (Å²) in [6, 6.07) is 9.70. The van der Waals surface area contributed by atoms with Gasteiger partial charge in [0, 0.05) is 18.8 Å². The molecule has 0 aromatic heterocycles. The van der Waals surface area contributed by atoms with E-state index in [1.807, 2.05) is 0 Å². The maximum Gasteiger partial charge on any atom is 0.338 e. The fourth-order valence-electron chi connectivity index (χ4n) is 3.08. The highest BCUT2D eigenvalue weighted by Crippen LogP contribution is 2.24. The van der Waals surface area contributed by atoms with Gasteiger partial charge in [-0.2, -0.15) is 4.31 Å². The zero-order chi connectivity index (χ0) is 21.2. The number of nitrogens with zero attached hydrogens (tertiary/aromatic N) is 1. The van der Waals surface area contributed by atoms with Gasteiger partial charge in [0.15, 0.2) is 0 Å². The highest BCUT2D eigenvalue weighted by molar-refractivity contribution is 7.92. The van der Waals surface area contributed by atoms with Gasteiger partial charge < -0.3 is 4.74 Å². The number of sulfonamides is 2. The van der Waals surface area contributed by atoms with Crippen LogP contribution in [0.3, 0.4) is 0 Å². The second-order valence-electron chi connectivity index (χ2n) is 6.71. The fraction of sp³-hybridized carbons (Fsp3) is 0.316. The Hall–Kier alpha value is -2.43. The van der Waals surface area contributed by atoms with Crippen molar-refractivity contribution in [2.45, 2.75) is 29.6 Å². The molecule has 3 rings (SSSR count). The van der Waals surface area contributed by atoms with E-state index in [2.05, 4.69) is 9.46 Å². The molecule has 0 aliphatic carbocycles. The van der Waals surface area contributed by atoms with Crippen LogP contribution in [0.2, 0.25) is 0 Å². The third-order valence-corrected chi connectivity index (χ3v) is 8.03. The molecule has 2 aromatic carbocycles. The number of esters is 1. The van der Waals surface area contributed by atoms with E-state index in [0.717, 1.165) is 12.8 Å². The van der Waals surface area contributed by atoms with E-state index >= 15 is 0 Å². The molecule has 0 unspecified atom stereocenters. The highest BCUT2D eigenvalue weighted by Gasteiger charge is 2.27. The van der Waals surface area contributed by atoms with Crippen LogP contribution in [-0.4, -0.2) is 47.3 Å². The summed E-state index contributed by atoms with van der Waals surface area (Å²) in [5.74, 6) is -0.629. The first-order valence-electron chi connectivity index (χ1n) is 8.97. The Morgan fingerprint density at radius 1 is 0.966 bits per heavy atom. The van der Waals surface area contributed by atoms with Crippen LogP contribution >= 0.6 is 0 Å². The Morgan fingerprint density at radius 3 is 2.14 bits per heavy atom. The van der Waals surface area contributed by atoms with Crippen molar-refractivity contribution >= 4 is 31.7 Å². The number of anilines is 1. The number of ether oxygens (including phenoxy) is 1. The third-order valence-electron chi connectivity index (χ3n) is 4.73. The fourth-order valence-corrected chi connectivity index (χ4v) is 5.69. The van der Waals surface area contributed by atoms with Crippen LogP contribution in [0.5, 0.6) is 0 Å². The maximum atomic E-state index is 12.7. The van der Waals surface area contributed by atoms with Gasteiger partial charge in [-0.05, 0) is 61.7 Å². The van der Waals surface area contributed by atoms with Gasteiger partial charge in [0.25, 0.3) is 10.0 Å². The van der Waals surface area contributed by atoms with E-state index in [4.69, 9.17) is 0 Å². The Labute approximate surface area is 170 Å². The molecule has 0 bridgehead atoms. The second kappa shape index (κ2) is 8.13. The largest absolute Gasteiger partial charge is 0.465 e. The van der Waals surface area contributed by atoms with Crippen molar-refractivity contribution in [3.63, 3.8) is 0 Å². The van der Waals surface area contributed by atoms with E-state index in [1.54, 1.807) is 6.92 Å². The molecule has 0 amide bonds. The predicted molar refractivity (Wildman–Crippen MR) is 108 cm³/mol. The molecular weight excluding hydrogens is 416 g/mol. The van der Waals surface area contributed by atoms with Crippen molar-refractivity contribution in [1.82, 2.24) is 4.31 Å². The number of rotatable bonds is 6. The number of methoxy groups -OCH3 is 1. The van der Waals surface area contributed by atoms with Crippen molar-refractivity contribution in [3.05, 3.63) is 53.6 Å². The molecule has 1 N–H and O–H groups in total. The van der Waals surface area contributed by atoms with Crippen molar-refractivity contribution < 1.29 is 26.4 Å². The number of nitrogens with one attached hydrogen (secondary N) is 1. The minimum Gasteiger partial charge on any atom is -0.465 e. The van der Waals surface area contributed by atoms with Crippen LogP contribution in [0, 0.1) is 6.92 Å². The lowest BCUT2D eigenvalue weighted by molar-refractivity contribution is 0.0599. The first-order valence-corrected chi connectivity index (χ1v) is 11.9. The van der Waals surface area contributed by atoms with Gasteiger partial charge in [0.2, 0.25) is 10.0 Å². The monoisotopic (exact) mass is 438 g/mol. The lowest BCUT2D eigenvalue weighted by Gasteiger charge is -2.16. The molecule has 1 aliphatic rings. The molecule has 10 heteroatoms. The first kappa shape index (κ1) is 21.3. The summed E-state index contributed by atoms with van der Waals surface area (Å²) in [6.07, 6.45) is 1.67. The molecule has 1 heterocycles. The molecule has 156 valence electrons. The van der Waals surface area contributed by atoms with Gasteiger partial charge >= 0.3 is 5.97 Å². The maximum absolute atomic E-state index is 12.7. The lowest BCUT2D eigenvalue weighted by Crippen LogP contribution is -2.27. The molecule has 0 spiro atoms. The zero-order valence-corrected chi connectivity index (χ0v) is 17.7. The minimum absolute atomic E-state index is 0.0998. The Morgan fingerprint density at radius 2 is 1.55 bits per heavy atom. The summed E-state index contributed by atoms with van der Waals surface area (Å²) in [6.45, 7) is 2.66. The SMILES string of the molecule is COC(=O)c1cc(S(=O)(=O)Nc2ccc(S(=O)(=O)N3CCCC3)cc2)ccc1C. The number of carbonyl (C=O) groups is 1. The molecule has 0 saturated carbocycles. The predicted octanol–water partition coefficient (Wildman–Crippen LogP) is 2.37. The number of aryl methyl sites for hydroxylation is 1. The molecule has 0 radical (unpaired) electrons. The van der Waals surface area contributed by atoms with E-state index < -0.39 is 26.0 Å². The lowest BCUT2D eigenvalue weighted by atomic mass is 10.1. The van der Waals surface area contributed by atoms with Crippen molar-refractivity contribution in [1.29, 1.82) is 0 Å². The summed E-state index contributed by atoms with van der Waals surface area (Å²) < 4.78 is 59.0. The van der Waals surface area contributed by atoms with E-state index in [0.29, 0.717) is 18.7 Å². The summed E-state index contributed by atoms with van der Waals surface area (Å²) in [4.78, 5) is 11.8. The summed E-state index contributed by atoms with van der Waals surface area (Å²) >= 11 is 0. The van der Waals surface area contributed by atoms with Crippen molar-refractivity contribution in [2.75, 3.05) is 24.9 Å². The van der Waals surface area contributed by atoms with E-state index in [9.17, 15) is 21.6 Å². The van der Waals surface area contributed by atoms with Crippen LogP contribution in [0.15, 0.2) is 52.3 Å². The van der Waals surface area contributed by atoms with E-state index in [1.165, 1.54) is 53.9 Å². The highest BCUT2D eigenvalue weighted by atomic mass is 32.2. The number of benzene rings is 2. The average molecular weight is 439 g/mol. The van der Waals surface area contributed by atoms with Gasteiger partial charge in [0.1, 0.15) is 0 Å². The second-order valence-corrected chi connectivity index (χ2v) is 10.3. The van der Waals surface area contributed by atoms with Gasteiger partial charge in [0.05, 0.1) is 22.5 Å². The molecular formula is C19H22N2O6S2. The van der Waals surface area contributed by atoms with Crippen LogP contribution < -0.4 is 4.72 Å². The molecule has 1 saturated heterocycles. The van der Waals surface area contributed by atoms with Gasteiger partial charge in [-0.15, -0.1) is 0 Å². The standard InChI is InChI=1S/C19H22N2O6S2/c1-14-5-8-17(13-18(14)19(22)27-2)28(23,24)20-15-6-9-16(10-7-15)29(25,26)21-11-3-4-12-21/h5-10,13,20H,3-4,11-12H2,1-2H3. The molecule has 0 atom stereocenters. The Kier molecular flexibility index (Phi) is 5.97. The van der Waals surface area contributed by atoms with Gasteiger partial charge in [-0.25, -0.2) is 21.6 Å². The van der Waals surface area contributed by atoms with Crippen molar-refractivity contribution in [2.24, 2.45) is 0 Å². The molecule has 8 nitrogen and oxygen atoms in total. The summed E-state index contributed by atoms with van der Waals surface area (Å²) in [7, 11) is -6.32. The van der Waals surface area contributed by atoms with Gasteiger partial charge in [-0.1, -0.05) is 6.07 Å². The minimum atomic E-state index is -3.98. The summed E-state index contributed by atoms with van der Waals surface area (Å²) in [5, 5.41) is 0. The molecule has 1 aliphatic heterocycles. The Balaban J connectivity index is 1.83. The van der Waals surface area contributed by atoms with Crippen molar-refractivity contribution in [3.8, 4) is 0 Å². The van der Waals surface area contributed by atoms with E-state index in [-0.39, 0.29) is 21.0 Å². The average Bonchev–Trinajstić information content (AvgIpc) is 3.23. The van der Waals surface area contributed by atoms with Crippen LogP contribution in [-0.2, 0) is 24.8 Å². The topological polar surface area (TPSA) is 110 Å². The molecule has 29 heavy (non-hydrogen) atoms. The summed E-state index contributed by atoms with van der Waals surface area (Å²) in [5.41, 5.74) is 0.959. The molecule has 1 fully saturated rings. The zero-order valence-electron chi connectivity index (χ0n) is 16.1.